The van der Waals surface area contributed by atoms with E-state index in [1.165, 1.54) is 24.0 Å². The van der Waals surface area contributed by atoms with Gasteiger partial charge in [-0.3, -0.25) is 0 Å². The molecular formula is C21H23F. The minimum atomic E-state index is -0.118. The molecule has 0 unspecified atom stereocenters. The molecule has 0 fully saturated rings. The van der Waals surface area contributed by atoms with Gasteiger partial charge in [0.25, 0.3) is 0 Å². The highest BCUT2D eigenvalue weighted by Crippen LogP contribution is 2.30. The summed E-state index contributed by atoms with van der Waals surface area (Å²) in [6.07, 6.45) is 9.15. The second-order valence-electron chi connectivity index (χ2n) is 6.12. The Morgan fingerprint density at radius 2 is 1.73 bits per heavy atom. The van der Waals surface area contributed by atoms with Gasteiger partial charge in [-0.05, 0) is 60.4 Å². The van der Waals surface area contributed by atoms with E-state index in [0.29, 0.717) is 5.56 Å². The number of benzene rings is 2. The van der Waals surface area contributed by atoms with Gasteiger partial charge in [-0.15, -0.1) is 0 Å². The summed E-state index contributed by atoms with van der Waals surface area (Å²) in [6, 6.07) is 14.0. The lowest BCUT2D eigenvalue weighted by Gasteiger charge is -2.14. The number of hydrogen-bond acceptors (Lipinski definition) is 0. The summed E-state index contributed by atoms with van der Waals surface area (Å²) in [4.78, 5) is 0. The van der Waals surface area contributed by atoms with Gasteiger partial charge in [0.15, 0.2) is 0 Å². The fourth-order valence-electron chi connectivity index (χ4n) is 3.19. The first-order valence-electron chi connectivity index (χ1n) is 8.36. The molecule has 2 aromatic rings. The Balaban J connectivity index is 1.87. The molecule has 0 bridgehead atoms. The van der Waals surface area contributed by atoms with Crippen LogP contribution in [0.15, 0.2) is 48.5 Å². The van der Waals surface area contributed by atoms with Crippen molar-refractivity contribution in [2.24, 2.45) is 0 Å². The Morgan fingerprint density at radius 3 is 2.36 bits per heavy atom. The molecule has 114 valence electrons. The Labute approximate surface area is 132 Å². The van der Waals surface area contributed by atoms with Crippen molar-refractivity contribution in [2.75, 3.05) is 0 Å². The maximum atomic E-state index is 14.5. The largest absolute Gasteiger partial charge is 0.206 e. The number of hydrogen-bond donors (Lipinski definition) is 0. The highest BCUT2D eigenvalue weighted by molar-refractivity contribution is 5.71. The molecule has 0 saturated heterocycles. The molecular weight excluding hydrogens is 271 g/mol. The molecule has 3 rings (SSSR count). The second kappa shape index (κ2) is 6.91. The van der Waals surface area contributed by atoms with Gasteiger partial charge in [-0.25, -0.2) is 4.39 Å². The average Bonchev–Trinajstić information content (AvgIpc) is 2.57. The fraction of sp³-hybridized carbons (Fsp3) is 0.333. The predicted octanol–water partition coefficient (Wildman–Crippen LogP) is 6.40. The van der Waals surface area contributed by atoms with Crippen LogP contribution in [-0.4, -0.2) is 0 Å². The zero-order valence-electron chi connectivity index (χ0n) is 13.2. The van der Waals surface area contributed by atoms with Crippen LogP contribution in [0.1, 0.15) is 50.2 Å². The normalized spacial score (nSPS) is 14.7. The first kappa shape index (κ1) is 15.0. The van der Waals surface area contributed by atoms with Crippen molar-refractivity contribution in [3.63, 3.8) is 0 Å². The molecule has 0 amide bonds. The monoisotopic (exact) mass is 294 g/mol. The minimum absolute atomic E-state index is 0.118. The van der Waals surface area contributed by atoms with E-state index in [-0.39, 0.29) is 5.82 Å². The lowest BCUT2D eigenvalue weighted by Crippen LogP contribution is -1.94. The Morgan fingerprint density at radius 1 is 0.955 bits per heavy atom. The molecule has 0 nitrogen and oxygen atoms in total. The van der Waals surface area contributed by atoms with Gasteiger partial charge in [0, 0.05) is 5.56 Å². The van der Waals surface area contributed by atoms with Gasteiger partial charge in [0.2, 0.25) is 0 Å². The van der Waals surface area contributed by atoms with E-state index in [9.17, 15) is 4.39 Å². The van der Waals surface area contributed by atoms with Gasteiger partial charge >= 0.3 is 0 Å². The van der Waals surface area contributed by atoms with Crippen molar-refractivity contribution in [3.8, 4) is 11.1 Å². The van der Waals surface area contributed by atoms with Gasteiger partial charge in [-0.2, -0.15) is 0 Å². The topological polar surface area (TPSA) is 0 Å². The van der Waals surface area contributed by atoms with E-state index in [1.807, 2.05) is 18.2 Å². The van der Waals surface area contributed by atoms with Crippen molar-refractivity contribution in [1.29, 1.82) is 0 Å². The molecule has 0 saturated carbocycles. The molecule has 1 aliphatic carbocycles. The molecule has 0 spiro atoms. The van der Waals surface area contributed by atoms with Crippen LogP contribution in [-0.2, 0) is 6.42 Å². The van der Waals surface area contributed by atoms with Crippen LogP contribution in [0.25, 0.3) is 16.7 Å². The molecule has 0 heterocycles. The molecule has 22 heavy (non-hydrogen) atoms. The van der Waals surface area contributed by atoms with Crippen LogP contribution < -0.4 is 0 Å². The number of aryl methyl sites for hydroxylation is 1. The Bertz CT molecular complexity index is 665. The van der Waals surface area contributed by atoms with Crippen molar-refractivity contribution < 1.29 is 4.39 Å². The second-order valence-corrected chi connectivity index (χ2v) is 6.12. The summed E-state index contributed by atoms with van der Waals surface area (Å²) in [5.41, 5.74) is 5.32. The molecule has 0 atom stereocenters. The Hall–Kier alpha value is -1.89. The van der Waals surface area contributed by atoms with E-state index in [1.54, 1.807) is 6.07 Å². The predicted molar refractivity (Wildman–Crippen MR) is 92.3 cm³/mol. The SMILES string of the molecule is CCCc1ccc(-c2ccc(C3=CCCCC3)cc2F)cc1. The summed E-state index contributed by atoms with van der Waals surface area (Å²) < 4.78 is 14.5. The molecule has 2 aromatic carbocycles. The standard InChI is InChI=1S/C21H23F/c1-2-6-16-9-11-18(12-10-16)20-14-13-19(15-21(20)22)17-7-4-3-5-8-17/h7,9-15H,2-6,8H2,1H3. The maximum Gasteiger partial charge on any atom is 0.131 e. The number of halogens is 1. The van der Waals surface area contributed by atoms with Crippen molar-refractivity contribution in [3.05, 3.63) is 65.5 Å². The summed E-state index contributed by atoms with van der Waals surface area (Å²) in [7, 11) is 0. The fourth-order valence-corrected chi connectivity index (χ4v) is 3.19. The van der Waals surface area contributed by atoms with Crippen LogP contribution in [0.4, 0.5) is 4.39 Å². The Kier molecular flexibility index (Phi) is 4.72. The van der Waals surface area contributed by atoms with Crippen LogP contribution in [0, 0.1) is 5.82 Å². The third-order valence-electron chi connectivity index (χ3n) is 4.43. The van der Waals surface area contributed by atoms with Crippen molar-refractivity contribution in [2.45, 2.75) is 45.4 Å². The van der Waals surface area contributed by atoms with Gasteiger partial charge in [0.05, 0.1) is 0 Å². The van der Waals surface area contributed by atoms with Crippen molar-refractivity contribution in [1.82, 2.24) is 0 Å². The summed E-state index contributed by atoms with van der Waals surface area (Å²) >= 11 is 0. The van der Waals surface area contributed by atoms with Crippen LogP contribution in [0.2, 0.25) is 0 Å². The van der Waals surface area contributed by atoms with Crippen LogP contribution >= 0.6 is 0 Å². The van der Waals surface area contributed by atoms with Gasteiger partial charge in [0.1, 0.15) is 5.82 Å². The lowest BCUT2D eigenvalue weighted by atomic mass is 9.92. The summed E-state index contributed by atoms with van der Waals surface area (Å²) in [5.74, 6) is -0.118. The molecule has 0 aromatic heterocycles. The average molecular weight is 294 g/mol. The number of allylic oxidation sites excluding steroid dienone is 2. The first-order valence-corrected chi connectivity index (χ1v) is 8.36. The van der Waals surface area contributed by atoms with Crippen LogP contribution in [0.3, 0.4) is 0 Å². The van der Waals surface area contributed by atoms with E-state index >= 15 is 0 Å². The van der Waals surface area contributed by atoms with E-state index in [0.717, 1.165) is 36.8 Å². The molecule has 0 aliphatic heterocycles. The van der Waals surface area contributed by atoms with Crippen molar-refractivity contribution >= 4 is 5.57 Å². The maximum absolute atomic E-state index is 14.5. The first-order chi connectivity index (χ1) is 10.8. The quantitative estimate of drug-likeness (QED) is 0.611. The molecule has 1 aliphatic rings. The van der Waals surface area contributed by atoms with E-state index in [2.05, 4.69) is 31.2 Å². The third-order valence-corrected chi connectivity index (χ3v) is 4.43. The summed E-state index contributed by atoms with van der Waals surface area (Å²) in [6.45, 7) is 2.17. The van der Waals surface area contributed by atoms with E-state index in [4.69, 9.17) is 0 Å². The smallest absolute Gasteiger partial charge is 0.131 e. The zero-order valence-corrected chi connectivity index (χ0v) is 13.2. The highest BCUT2D eigenvalue weighted by atomic mass is 19.1. The molecule has 0 N–H and O–H groups in total. The summed E-state index contributed by atoms with van der Waals surface area (Å²) in [5, 5.41) is 0. The lowest BCUT2D eigenvalue weighted by molar-refractivity contribution is 0.630. The number of rotatable bonds is 4. The molecule has 0 radical (unpaired) electrons. The minimum Gasteiger partial charge on any atom is -0.206 e. The van der Waals surface area contributed by atoms with Gasteiger partial charge in [-0.1, -0.05) is 55.8 Å². The highest BCUT2D eigenvalue weighted by Gasteiger charge is 2.10. The van der Waals surface area contributed by atoms with E-state index < -0.39 is 0 Å². The molecule has 1 heteroatoms. The van der Waals surface area contributed by atoms with Crippen LogP contribution in [0.5, 0.6) is 0 Å². The van der Waals surface area contributed by atoms with Gasteiger partial charge < -0.3 is 0 Å². The third kappa shape index (κ3) is 3.30. The zero-order chi connectivity index (χ0) is 15.4.